The van der Waals surface area contributed by atoms with Gasteiger partial charge in [-0.15, -0.1) is 0 Å². The van der Waals surface area contributed by atoms with Crippen molar-refractivity contribution in [3.63, 3.8) is 0 Å². The molecule has 0 aliphatic carbocycles. The molecule has 1 rings (SSSR count). The quantitative estimate of drug-likeness (QED) is 0.698. The predicted octanol–water partition coefficient (Wildman–Crippen LogP) is 0.424. The van der Waals surface area contributed by atoms with E-state index in [4.69, 9.17) is 0 Å². The first kappa shape index (κ1) is 11.1. The van der Waals surface area contributed by atoms with E-state index in [1.807, 2.05) is 0 Å². The van der Waals surface area contributed by atoms with Crippen LogP contribution in [0.15, 0.2) is 24.7 Å². The molecular weight excluding hydrogens is 217 g/mol. The van der Waals surface area contributed by atoms with Gasteiger partial charge in [-0.1, -0.05) is 0 Å². The number of hydrogen-bond donors (Lipinski definition) is 1. The lowest BCUT2D eigenvalue weighted by Gasteiger charge is -2.14. The third kappa shape index (κ3) is 3.33. The lowest BCUT2D eigenvalue weighted by molar-refractivity contribution is -0.222. The molecule has 1 amide bonds. The molecule has 0 aromatic heterocycles. The zero-order valence-electron chi connectivity index (χ0n) is 7.12. The summed E-state index contributed by atoms with van der Waals surface area (Å²) in [5.41, 5.74) is 0. The van der Waals surface area contributed by atoms with Gasteiger partial charge in [0.05, 0.1) is 6.20 Å². The number of hydroxylamine groups is 2. The number of carbonyl (C=O) groups is 2. The van der Waals surface area contributed by atoms with E-state index in [0.717, 1.165) is 24.7 Å². The van der Waals surface area contributed by atoms with Crippen molar-refractivity contribution in [3.8, 4) is 0 Å². The summed E-state index contributed by atoms with van der Waals surface area (Å²) in [6.45, 7) is 0. The highest BCUT2D eigenvalue weighted by atomic mass is 19.4. The van der Waals surface area contributed by atoms with Crippen molar-refractivity contribution >= 4 is 11.9 Å². The second kappa shape index (κ2) is 4.03. The van der Waals surface area contributed by atoms with Gasteiger partial charge in [-0.05, 0) is 0 Å². The molecule has 0 radical (unpaired) electrons. The lowest BCUT2D eigenvalue weighted by atomic mass is 10.6. The minimum Gasteiger partial charge on any atom is -0.328 e. The Bertz CT molecular complexity index is 335. The van der Waals surface area contributed by atoms with Gasteiger partial charge in [-0.25, -0.2) is 4.79 Å². The zero-order chi connectivity index (χ0) is 11.5. The molecule has 0 atom stereocenters. The molecule has 0 spiro atoms. The number of nitrogens with one attached hydrogen (secondary N) is 1. The molecule has 0 aromatic rings. The number of carbonyl (C=O) groups excluding carboxylic acids is 2. The van der Waals surface area contributed by atoms with E-state index in [1.54, 1.807) is 0 Å². The smallest absolute Gasteiger partial charge is 0.328 e. The van der Waals surface area contributed by atoms with Gasteiger partial charge < -0.3 is 10.2 Å². The van der Waals surface area contributed by atoms with Crippen LogP contribution in [0.1, 0.15) is 0 Å². The Hall–Kier alpha value is -1.99. The normalized spacial score (nSPS) is 15.9. The molecule has 8 heteroatoms. The fraction of sp³-hybridized carbons (Fsp3) is 0.143. The molecule has 82 valence electrons. The molecule has 0 saturated carbocycles. The molecule has 0 fully saturated rings. The summed E-state index contributed by atoms with van der Waals surface area (Å²) in [5, 5.41) is 2.63. The maximum Gasteiger partial charge on any atom is 0.493 e. The van der Waals surface area contributed by atoms with Gasteiger partial charge in [0.15, 0.2) is 0 Å². The van der Waals surface area contributed by atoms with E-state index in [1.165, 1.54) is 0 Å². The van der Waals surface area contributed by atoms with E-state index >= 15 is 0 Å². The Morgan fingerprint density at radius 3 is 2.67 bits per heavy atom. The molecule has 5 nitrogen and oxygen atoms in total. The SMILES string of the molecule is O=C1C=CN(OC(=O)C(F)(F)F)C=CN1. The van der Waals surface area contributed by atoms with Gasteiger partial charge >= 0.3 is 12.1 Å². The third-order valence-corrected chi connectivity index (χ3v) is 1.24. The van der Waals surface area contributed by atoms with E-state index in [-0.39, 0.29) is 0 Å². The molecular formula is C7H5F3N2O3. The van der Waals surface area contributed by atoms with Gasteiger partial charge in [0.2, 0.25) is 5.91 Å². The van der Waals surface area contributed by atoms with Crippen molar-refractivity contribution in [1.82, 2.24) is 10.4 Å². The van der Waals surface area contributed by atoms with Crippen LogP contribution in [0.5, 0.6) is 0 Å². The van der Waals surface area contributed by atoms with Gasteiger partial charge in [0.1, 0.15) is 0 Å². The molecule has 15 heavy (non-hydrogen) atoms. The Labute approximate surface area is 81.7 Å². The fourth-order valence-corrected chi connectivity index (χ4v) is 0.640. The van der Waals surface area contributed by atoms with Crippen LogP contribution in [0.4, 0.5) is 13.2 Å². The van der Waals surface area contributed by atoms with Gasteiger partial charge in [-0.2, -0.15) is 18.2 Å². The zero-order valence-corrected chi connectivity index (χ0v) is 7.12. The Morgan fingerprint density at radius 2 is 2.07 bits per heavy atom. The van der Waals surface area contributed by atoms with Crippen LogP contribution in [-0.4, -0.2) is 23.1 Å². The van der Waals surface area contributed by atoms with Crippen LogP contribution in [0.2, 0.25) is 0 Å². The highest BCUT2D eigenvalue weighted by molar-refractivity contribution is 5.88. The Morgan fingerprint density at radius 1 is 1.40 bits per heavy atom. The van der Waals surface area contributed by atoms with Crippen molar-refractivity contribution in [3.05, 3.63) is 24.7 Å². The minimum atomic E-state index is -5.08. The summed E-state index contributed by atoms with van der Waals surface area (Å²) in [5.74, 6) is -2.91. The van der Waals surface area contributed by atoms with Crippen LogP contribution >= 0.6 is 0 Å². The summed E-state index contributed by atoms with van der Waals surface area (Å²) in [4.78, 5) is 24.9. The highest BCUT2D eigenvalue weighted by Gasteiger charge is 2.42. The van der Waals surface area contributed by atoms with Crippen molar-refractivity contribution in [1.29, 1.82) is 0 Å². The summed E-state index contributed by atoms with van der Waals surface area (Å²) in [6.07, 6.45) is -1.31. The first-order valence-electron chi connectivity index (χ1n) is 3.62. The number of nitrogens with zero attached hydrogens (tertiary/aromatic N) is 1. The van der Waals surface area contributed by atoms with Crippen LogP contribution < -0.4 is 5.32 Å². The van der Waals surface area contributed by atoms with Crippen molar-refractivity contribution in [2.24, 2.45) is 0 Å². The highest BCUT2D eigenvalue weighted by Crippen LogP contribution is 2.17. The molecule has 1 aliphatic heterocycles. The number of amides is 1. The van der Waals surface area contributed by atoms with Crippen molar-refractivity contribution in [2.45, 2.75) is 6.18 Å². The fourth-order valence-electron chi connectivity index (χ4n) is 0.640. The maximum atomic E-state index is 11.8. The third-order valence-electron chi connectivity index (χ3n) is 1.24. The monoisotopic (exact) mass is 222 g/mol. The molecule has 0 aromatic carbocycles. The first-order valence-corrected chi connectivity index (χ1v) is 3.62. The van der Waals surface area contributed by atoms with Gasteiger partial charge in [-0.3, -0.25) is 4.79 Å². The summed E-state index contributed by atoms with van der Waals surface area (Å²) in [7, 11) is 0. The summed E-state index contributed by atoms with van der Waals surface area (Å²) < 4.78 is 35.3. The van der Waals surface area contributed by atoms with E-state index in [9.17, 15) is 22.8 Å². The van der Waals surface area contributed by atoms with Crippen LogP contribution in [0.25, 0.3) is 0 Å². The standard InChI is InChI=1S/C7H5F3N2O3/c8-7(9,10)6(14)15-12-3-1-5(13)11-2-4-12/h1-4H,(H,11,13). The average molecular weight is 222 g/mol. The summed E-state index contributed by atoms with van der Waals surface area (Å²) >= 11 is 0. The number of alkyl halides is 3. The largest absolute Gasteiger partial charge is 0.493 e. The number of halogens is 3. The lowest BCUT2D eigenvalue weighted by Crippen LogP contribution is -2.30. The van der Waals surface area contributed by atoms with E-state index in [0.29, 0.717) is 5.06 Å². The minimum absolute atomic E-state index is 0.466. The molecule has 0 saturated heterocycles. The van der Waals surface area contributed by atoms with Gasteiger partial charge in [0, 0.05) is 18.5 Å². The summed E-state index contributed by atoms with van der Waals surface area (Å²) in [6, 6.07) is 0. The average Bonchev–Trinajstić information content (AvgIpc) is 2.29. The van der Waals surface area contributed by atoms with Crippen molar-refractivity contribution < 1.29 is 27.6 Å². The van der Waals surface area contributed by atoms with E-state index < -0.39 is 18.1 Å². The Balaban J connectivity index is 2.63. The van der Waals surface area contributed by atoms with E-state index in [2.05, 4.69) is 10.2 Å². The number of hydrogen-bond acceptors (Lipinski definition) is 4. The molecule has 0 bridgehead atoms. The second-order valence-electron chi connectivity index (χ2n) is 2.38. The first-order chi connectivity index (χ1) is 6.89. The Kier molecular flexibility index (Phi) is 2.98. The molecule has 1 N–H and O–H groups in total. The second-order valence-corrected chi connectivity index (χ2v) is 2.38. The topological polar surface area (TPSA) is 58.6 Å². The van der Waals surface area contributed by atoms with Crippen LogP contribution in [0.3, 0.4) is 0 Å². The van der Waals surface area contributed by atoms with Gasteiger partial charge in [0.25, 0.3) is 0 Å². The number of rotatable bonds is 1. The van der Waals surface area contributed by atoms with Crippen LogP contribution in [-0.2, 0) is 14.4 Å². The molecule has 1 heterocycles. The predicted molar refractivity (Wildman–Crippen MR) is 40.4 cm³/mol. The molecule has 0 unspecified atom stereocenters. The molecule has 1 aliphatic rings. The maximum absolute atomic E-state index is 11.8. The van der Waals surface area contributed by atoms with Crippen LogP contribution in [0, 0.1) is 0 Å². The van der Waals surface area contributed by atoms with Crippen molar-refractivity contribution in [2.75, 3.05) is 0 Å².